The number of carbonyl (C=O) groups is 2. The highest BCUT2D eigenvalue weighted by Gasteiger charge is 2.36. The van der Waals surface area contributed by atoms with E-state index in [1.54, 1.807) is 13.1 Å². The van der Waals surface area contributed by atoms with Crippen molar-refractivity contribution < 1.29 is 27.9 Å². The molecule has 1 atom stereocenters. The maximum Gasteiger partial charge on any atom is 0.416 e. The lowest BCUT2D eigenvalue weighted by Gasteiger charge is -2.35. The van der Waals surface area contributed by atoms with E-state index < -0.39 is 29.3 Å². The summed E-state index contributed by atoms with van der Waals surface area (Å²) in [7, 11) is 1.56. The van der Waals surface area contributed by atoms with E-state index in [-0.39, 0.29) is 29.5 Å². The summed E-state index contributed by atoms with van der Waals surface area (Å²) in [6, 6.07) is 18.5. The Kier molecular flexibility index (Phi) is 8.93. The third-order valence-corrected chi connectivity index (χ3v) is 8.72. The maximum atomic E-state index is 13.8. The zero-order chi connectivity index (χ0) is 30.7. The molecule has 1 amide bonds. The van der Waals surface area contributed by atoms with E-state index in [4.69, 9.17) is 0 Å². The van der Waals surface area contributed by atoms with Crippen LogP contribution in [0.3, 0.4) is 0 Å². The van der Waals surface area contributed by atoms with Gasteiger partial charge in [-0.1, -0.05) is 54.6 Å². The zero-order valence-corrected chi connectivity index (χ0v) is 24.2. The summed E-state index contributed by atoms with van der Waals surface area (Å²) in [5.74, 6) is -1.31. The van der Waals surface area contributed by atoms with Crippen molar-refractivity contribution in [2.45, 2.75) is 42.9 Å². The number of carbonyl (C=O) groups excluding carboxylic acids is 1. The summed E-state index contributed by atoms with van der Waals surface area (Å²) >= 11 is 1.17. The fourth-order valence-electron chi connectivity index (χ4n) is 5.44. The number of rotatable bonds is 9. The first-order chi connectivity index (χ1) is 20.6. The number of aliphatic carboxylic acids is 1. The number of hydrogen-bond donors (Lipinski definition) is 2. The number of fused-ring (bicyclic) bond motifs is 2. The van der Waals surface area contributed by atoms with Crippen LogP contribution in [0.4, 0.5) is 13.2 Å². The number of nitrogens with one attached hydrogen (secondary N) is 1. The average Bonchev–Trinajstić information content (AvgIpc) is 2.98. The van der Waals surface area contributed by atoms with Crippen LogP contribution < -0.4 is 10.9 Å². The average molecular weight is 610 g/mol. The number of carboxylic acids is 1. The molecule has 7 nitrogen and oxygen atoms in total. The Bertz CT molecular complexity index is 1730. The lowest BCUT2D eigenvalue weighted by Crippen LogP contribution is -2.42. The number of aromatic nitrogens is 1. The van der Waals surface area contributed by atoms with Gasteiger partial charge in [0.05, 0.1) is 5.56 Å². The largest absolute Gasteiger partial charge is 0.480 e. The number of benzene rings is 3. The highest BCUT2D eigenvalue weighted by molar-refractivity contribution is 7.97. The molecule has 224 valence electrons. The summed E-state index contributed by atoms with van der Waals surface area (Å²) < 4.78 is 44.5. The summed E-state index contributed by atoms with van der Waals surface area (Å²) in [6.07, 6.45) is -2.86. The van der Waals surface area contributed by atoms with Crippen molar-refractivity contribution in [1.82, 2.24) is 14.2 Å². The van der Waals surface area contributed by atoms with Crippen molar-refractivity contribution in [3.8, 4) is 11.1 Å². The number of unbranched alkanes of at least 4 members (excludes halogenated alkanes) is 1. The molecule has 2 heterocycles. The van der Waals surface area contributed by atoms with Crippen LogP contribution in [0.1, 0.15) is 42.0 Å². The van der Waals surface area contributed by atoms with Gasteiger partial charge in [0.2, 0.25) is 5.91 Å². The molecule has 3 aromatic carbocycles. The van der Waals surface area contributed by atoms with Gasteiger partial charge in [0.1, 0.15) is 11.1 Å². The standard InChI is InChI=1S/C32H30F3N3O4S/c1-36-27(39)14-4-5-15-37-19-26(31(41)42)38-28(40)18-23(16-21-10-6-9-20-8-2-3-13-25(20)21)29(30(38)43-37)22-11-7-12-24(17-22)32(33,34)35/h2-3,6-13,17-18,26H,4-5,14-16,19H2,1H3,(H,36,39)(H,41,42). The van der Waals surface area contributed by atoms with Gasteiger partial charge in [-0.2, -0.15) is 13.2 Å². The summed E-state index contributed by atoms with van der Waals surface area (Å²) in [5.41, 5.74) is 0.659. The van der Waals surface area contributed by atoms with E-state index in [2.05, 4.69) is 5.32 Å². The number of hydrogen-bond acceptors (Lipinski definition) is 5. The molecule has 2 N–H and O–H groups in total. The van der Waals surface area contributed by atoms with Crippen molar-refractivity contribution in [3.63, 3.8) is 0 Å². The summed E-state index contributed by atoms with van der Waals surface area (Å²) in [4.78, 5) is 37.7. The number of pyridine rings is 1. The van der Waals surface area contributed by atoms with Crippen LogP contribution in [0.25, 0.3) is 21.9 Å². The fraction of sp³-hybridized carbons (Fsp3) is 0.281. The molecular weight excluding hydrogens is 579 g/mol. The minimum atomic E-state index is -4.59. The highest BCUT2D eigenvalue weighted by Crippen LogP contribution is 2.42. The van der Waals surface area contributed by atoms with Crippen molar-refractivity contribution in [1.29, 1.82) is 0 Å². The third-order valence-electron chi connectivity index (χ3n) is 7.56. The monoisotopic (exact) mass is 609 g/mol. The molecule has 43 heavy (non-hydrogen) atoms. The molecule has 1 unspecified atom stereocenters. The molecule has 0 radical (unpaired) electrons. The second kappa shape index (κ2) is 12.6. The Balaban J connectivity index is 1.66. The number of nitrogens with zero attached hydrogens (tertiary/aromatic N) is 2. The summed E-state index contributed by atoms with van der Waals surface area (Å²) in [5, 5.41) is 14.9. The Morgan fingerprint density at radius 1 is 1.00 bits per heavy atom. The zero-order valence-electron chi connectivity index (χ0n) is 23.4. The van der Waals surface area contributed by atoms with Crippen LogP contribution in [0.15, 0.2) is 82.6 Å². The smallest absolute Gasteiger partial charge is 0.416 e. The topological polar surface area (TPSA) is 91.6 Å². The molecule has 0 spiro atoms. The molecule has 0 bridgehead atoms. The normalized spacial score (nSPS) is 15.3. The highest BCUT2D eigenvalue weighted by atomic mass is 32.2. The van der Waals surface area contributed by atoms with Crippen molar-refractivity contribution in [2.75, 3.05) is 20.1 Å². The van der Waals surface area contributed by atoms with E-state index in [1.807, 2.05) is 46.8 Å². The molecule has 0 saturated heterocycles. The van der Waals surface area contributed by atoms with Crippen molar-refractivity contribution >= 4 is 34.6 Å². The molecule has 0 aliphatic carbocycles. The van der Waals surface area contributed by atoms with E-state index in [1.165, 1.54) is 28.6 Å². The van der Waals surface area contributed by atoms with Crippen LogP contribution in [0.2, 0.25) is 0 Å². The second-order valence-electron chi connectivity index (χ2n) is 10.4. The lowest BCUT2D eigenvalue weighted by atomic mass is 9.93. The molecule has 0 saturated carbocycles. The molecule has 11 heteroatoms. The van der Waals surface area contributed by atoms with Crippen molar-refractivity contribution in [3.05, 3.63) is 99.8 Å². The third kappa shape index (κ3) is 6.62. The van der Waals surface area contributed by atoms with Gasteiger partial charge in [0.15, 0.2) is 0 Å². The Morgan fingerprint density at radius 3 is 2.49 bits per heavy atom. The first kappa shape index (κ1) is 30.4. The molecule has 4 aromatic rings. The van der Waals surface area contributed by atoms with Gasteiger partial charge >= 0.3 is 12.1 Å². The molecular formula is C32H30F3N3O4S. The molecule has 0 fully saturated rings. The maximum absolute atomic E-state index is 13.8. The first-order valence-corrected chi connectivity index (χ1v) is 14.6. The lowest BCUT2D eigenvalue weighted by molar-refractivity contribution is -0.141. The molecule has 1 aliphatic rings. The fourth-order valence-corrected chi connectivity index (χ4v) is 6.77. The van der Waals surface area contributed by atoms with Crippen molar-refractivity contribution in [2.24, 2.45) is 0 Å². The van der Waals surface area contributed by atoms with Crippen LogP contribution in [0, 0.1) is 0 Å². The quantitative estimate of drug-likeness (QED) is 0.175. The van der Waals surface area contributed by atoms with Crippen LogP contribution >= 0.6 is 11.9 Å². The molecule has 5 rings (SSSR count). The number of carboxylic acid groups (broad SMARTS) is 1. The minimum Gasteiger partial charge on any atom is -0.480 e. The number of halogens is 3. The van der Waals surface area contributed by atoms with Gasteiger partial charge in [-0.3, -0.25) is 14.2 Å². The predicted molar refractivity (Wildman–Crippen MR) is 160 cm³/mol. The van der Waals surface area contributed by atoms with Gasteiger partial charge in [0, 0.05) is 38.2 Å². The Morgan fingerprint density at radius 2 is 1.74 bits per heavy atom. The van der Waals surface area contributed by atoms with Gasteiger partial charge in [-0.25, -0.2) is 9.10 Å². The van der Waals surface area contributed by atoms with Crippen LogP contribution in [0.5, 0.6) is 0 Å². The van der Waals surface area contributed by atoms with E-state index in [9.17, 15) is 32.7 Å². The van der Waals surface area contributed by atoms with E-state index >= 15 is 0 Å². The first-order valence-electron chi connectivity index (χ1n) is 13.9. The predicted octanol–water partition coefficient (Wildman–Crippen LogP) is 6.14. The van der Waals surface area contributed by atoms with Gasteiger partial charge in [-0.05, 0) is 70.8 Å². The van der Waals surface area contributed by atoms with Gasteiger partial charge in [0.25, 0.3) is 5.56 Å². The van der Waals surface area contributed by atoms with E-state index in [0.29, 0.717) is 36.9 Å². The van der Waals surface area contributed by atoms with E-state index in [0.717, 1.165) is 28.5 Å². The Labute approximate surface area is 250 Å². The number of amides is 1. The van der Waals surface area contributed by atoms with Gasteiger partial charge in [-0.15, -0.1) is 0 Å². The van der Waals surface area contributed by atoms with Crippen LogP contribution in [-0.2, 0) is 22.2 Å². The summed E-state index contributed by atoms with van der Waals surface area (Å²) in [6.45, 7) is 0.451. The molecule has 1 aromatic heterocycles. The number of alkyl halides is 3. The van der Waals surface area contributed by atoms with Gasteiger partial charge < -0.3 is 10.4 Å². The molecule has 1 aliphatic heterocycles. The second-order valence-corrected chi connectivity index (χ2v) is 11.5. The minimum absolute atomic E-state index is 0.0254. The Hall–Kier alpha value is -4.09. The van der Waals surface area contributed by atoms with Crippen LogP contribution in [-0.4, -0.2) is 46.0 Å². The SMILES string of the molecule is CNC(=O)CCCCN1CC(C(=O)O)n2c(c(-c3cccc(C(F)(F)F)c3)c(Cc3cccc4ccccc34)cc2=O)S1.